The molecule has 0 fully saturated rings. The summed E-state index contributed by atoms with van der Waals surface area (Å²) >= 11 is 0. The number of aromatic carboxylic acids is 1. The predicted octanol–water partition coefficient (Wildman–Crippen LogP) is 5.11. The minimum absolute atomic E-state index is 0.0652. The molecule has 26 heavy (non-hydrogen) atoms. The monoisotopic (exact) mass is 349 g/mol. The van der Waals surface area contributed by atoms with Gasteiger partial charge in [-0.15, -0.1) is 0 Å². The molecule has 0 spiro atoms. The van der Waals surface area contributed by atoms with Crippen molar-refractivity contribution in [3.63, 3.8) is 0 Å². The second-order valence-electron chi connectivity index (χ2n) is 7.27. The van der Waals surface area contributed by atoms with Gasteiger partial charge in [0.25, 0.3) is 5.91 Å². The molecule has 1 aliphatic carbocycles. The Morgan fingerprint density at radius 1 is 1.08 bits per heavy atom. The summed E-state index contributed by atoms with van der Waals surface area (Å²) in [6.07, 6.45) is 4.21. The molecular formula is C22H23NO3. The van der Waals surface area contributed by atoms with Crippen molar-refractivity contribution in [1.82, 2.24) is 0 Å². The smallest absolute Gasteiger partial charge is 0.335 e. The van der Waals surface area contributed by atoms with Gasteiger partial charge in [-0.2, -0.15) is 0 Å². The highest BCUT2D eigenvalue weighted by molar-refractivity contribution is 6.05. The number of amides is 1. The standard InChI is InChI=1S/C22H23NO3/c1-4-14-11-12-22(2,3)19-10-7-16(13-18(14)19)20(24)23-17-8-5-15(6-9-17)21(25)26/h5-11,13H,4,12H2,1-3H3,(H,23,24)(H,25,26). The van der Waals surface area contributed by atoms with Gasteiger partial charge in [0.15, 0.2) is 0 Å². The Labute approximate surface area is 153 Å². The van der Waals surface area contributed by atoms with Crippen LogP contribution in [0.15, 0.2) is 48.5 Å². The Morgan fingerprint density at radius 3 is 2.35 bits per heavy atom. The van der Waals surface area contributed by atoms with E-state index < -0.39 is 5.97 Å². The number of carbonyl (C=O) groups excluding carboxylic acids is 1. The Morgan fingerprint density at radius 2 is 1.73 bits per heavy atom. The first-order valence-corrected chi connectivity index (χ1v) is 8.80. The molecule has 1 aliphatic rings. The summed E-state index contributed by atoms with van der Waals surface area (Å²) in [5.41, 5.74) is 5.14. The van der Waals surface area contributed by atoms with Crippen LogP contribution in [0.3, 0.4) is 0 Å². The highest BCUT2D eigenvalue weighted by Crippen LogP contribution is 2.40. The number of carboxylic acid groups (broad SMARTS) is 1. The number of nitrogens with one attached hydrogen (secondary N) is 1. The zero-order chi connectivity index (χ0) is 18.9. The molecule has 2 aromatic carbocycles. The van der Waals surface area contributed by atoms with E-state index in [1.54, 1.807) is 12.1 Å². The van der Waals surface area contributed by atoms with Crippen LogP contribution in [0, 0.1) is 0 Å². The molecule has 4 heteroatoms. The lowest BCUT2D eigenvalue weighted by Crippen LogP contribution is -2.22. The summed E-state index contributed by atoms with van der Waals surface area (Å²) in [6, 6.07) is 12.0. The third-order valence-corrected chi connectivity index (χ3v) is 4.99. The van der Waals surface area contributed by atoms with E-state index in [1.807, 2.05) is 12.1 Å². The van der Waals surface area contributed by atoms with Gasteiger partial charge in [0.1, 0.15) is 0 Å². The van der Waals surface area contributed by atoms with Gasteiger partial charge in [-0.05, 0) is 71.4 Å². The van der Waals surface area contributed by atoms with Crippen LogP contribution in [0.25, 0.3) is 5.57 Å². The number of carboxylic acids is 1. The van der Waals surface area contributed by atoms with Crippen molar-refractivity contribution in [2.24, 2.45) is 0 Å². The molecule has 1 amide bonds. The molecule has 0 aliphatic heterocycles. The van der Waals surface area contributed by atoms with Gasteiger partial charge in [0.2, 0.25) is 0 Å². The maximum atomic E-state index is 12.6. The van der Waals surface area contributed by atoms with E-state index in [-0.39, 0.29) is 16.9 Å². The zero-order valence-electron chi connectivity index (χ0n) is 15.3. The SMILES string of the molecule is CCC1=CCC(C)(C)c2ccc(C(=O)Nc3ccc(C(=O)O)cc3)cc21. The van der Waals surface area contributed by atoms with Crippen molar-refractivity contribution >= 4 is 23.1 Å². The van der Waals surface area contributed by atoms with Crippen molar-refractivity contribution in [3.05, 3.63) is 70.8 Å². The van der Waals surface area contributed by atoms with E-state index >= 15 is 0 Å². The Bertz CT molecular complexity index is 892. The summed E-state index contributed by atoms with van der Waals surface area (Å²) < 4.78 is 0. The molecule has 0 heterocycles. The lowest BCUT2D eigenvalue weighted by molar-refractivity contribution is 0.0696. The van der Waals surface area contributed by atoms with Crippen molar-refractivity contribution in [1.29, 1.82) is 0 Å². The van der Waals surface area contributed by atoms with E-state index in [0.29, 0.717) is 11.3 Å². The minimum Gasteiger partial charge on any atom is -0.478 e. The van der Waals surface area contributed by atoms with E-state index in [1.165, 1.54) is 23.3 Å². The van der Waals surface area contributed by atoms with Gasteiger partial charge in [-0.3, -0.25) is 4.79 Å². The topological polar surface area (TPSA) is 66.4 Å². The molecule has 0 saturated carbocycles. The Balaban J connectivity index is 1.87. The van der Waals surface area contributed by atoms with Crippen molar-refractivity contribution in [2.75, 3.05) is 5.32 Å². The fourth-order valence-electron chi connectivity index (χ4n) is 3.37. The first kappa shape index (κ1) is 17.9. The molecule has 0 unspecified atom stereocenters. The molecule has 0 aromatic heterocycles. The number of fused-ring (bicyclic) bond motifs is 1. The van der Waals surface area contributed by atoms with Crippen molar-refractivity contribution in [3.8, 4) is 0 Å². The molecule has 134 valence electrons. The first-order chi connectivity index (χ1) is 12.3. The summed E-state index contributed by atoms with van der Waals surface area (Å²) in [4.78, 5) is 23.5. The van der Waals surface area contributed by atoms with Crippen molar-refractivity contribution < 1.29 is 14.7 Å². The van der Waals surface area contributed by atoms with Crippen LogP contribution < -0.4 is 5.32 Å². The minimum atomic E-state index is -0.987. The summed E-state index contributed by atoms with van der Waals surface area (Å²) in [5, 5.41) is 11.8. The lowest BCUT2D eigenvalue weighted by atomic mass is 9.72. The van der Waals surface area contributed by atoms with Gasteiger partial charge in [0, 0.05) is 11.3 Å². The Kier molecular flexibility index (Phi) is 4.68. The molecule has 2 N–H and O–H groups in total. The van der Waals surface area contributed by atoms with Crippen LogP contribution >= 0.6 is 0 Å². The molecule has 2 aromatic rings. The highest BCUT2D eigenvalue weighted by Gasteiger charge is 2.28. The van der Waals surface area contributed by atoms with E-state index in [0.717, 1.165) is 18.4 Å². The molecule has 0 radical (unpaired) electrons. The van der Waals surface area contributed by atoms with Gasteiger partial charge < -0.3 is 10.4 Å². The number of allylic oxidation sites excluding steroid dienone is 2. The predicted molar refractivity (Wildman–Crippen MR) is 104 cm³/mol. The first-order valence-electron chi connectivity index (χ1n) is 8.80. The summed E-state index contributed by atoms with van der Waals surface area (Å²) in [6.45, 7) is 6.57. The fraction of sp³-hybridized carbons (Fsp3) is 0.273. The summed E-state index contributed by atoms with van der Waals surface area (Å²) in [7, 11) is 0. The Hall–Kier alpha value is -2.88. The molecular weight excluding hydrogens is 326 g/mol. The highest BCUT2D eigenvalue weighted by atomic mass is 16.4. The molecule has 4 nitrogen and oxygen atoms in total. The van der Waals surface area contributed by atoms with Crippen LogP contribution in [-0.2, 0) is 5.41 Å². The van der Waals surface area contributed by atoms with E-state index in [4.69, 9.17) is 5.11 Å². The van der Waals surface area contributed by atoms with Crippen LogP contribution in [0.5, 0.6) is 0 Å². The summed E-state index contributed by atoms with van der Waals surface area (Å²) in [5.74, 6) is -1.19. The van der Waals surface area contributed by atoms with Crippen molar-refractivity contribution in [2.45, 2.75) is 39.0 Å². The molecule has 0 bridgehead atoms. The number of benzene rings is 2. The number of hydrogen-bond donors (Lipinski definition) is 2. The molecule has 0 atom stereocenters. The van der Waals surface area contributed by atoms with Crippen LogP contribution in [0.4, 0.5) is 5.69 Å². The normalized spacial score (nSPS) is 15.0. The lowest BCUT2D eigenvalue weighted by Gasteiger charge is -2.32. The average molecular weight is 349 g/mol. The maximum absolute atomic E-state index is 12.6. The largest absolute Gasteiger partial charge is 0.478 e. The number of hydrogen-bond acceptors (Lipinski definition) is 2. The number of carbonyl (C=O) groups is 2. The molecule has 0 saturated heterocycles. The zero-order valence-corrected chi connectivity index (χ0v) is 15.3. The third kappa shape index (κ3) is 3.40. The maximum Gasteiger partial charge on any atom is 0.335 e. The molecule has 3 rings (SSSR count). The van der Waals surface area contributed by atoms with Gasteiger partial charge in [-0.25, -0.2) is 4.79 Å². The second-order valence-corrected chi connectivity index (χ2v) is 7.27. The van der Waals surface area contributed by atoms with Gasteiger partial charge in [-0.1, -0.05) is 32.9 Å². The fourth-order valence-corrected chi connectivity index (χ4v) is 3.37. The third-order valence-electron chi connectivity index (χ3n) is 4.99. The number of rotatable bonds is 4. The van der Waals surface area contributed by atoms with Gasteiger partial charge in [0.05, 0.1) is 5.56 Å². The quantitative estimate of drug-likeness (QED) is 0.806. The van der Waals surface area contributed by atoms with Crippen LogP contribution in [0.1, 0.15) is 65.5 Å². The van der Waals surface area contributed by atoms with E-state index in [9.17, 15) is 9.59 Å². The van der Waals surface area contributed by atoms with Gasteiger partial charge >= 0.3 is 5.97 Å². The number of anilines is 1. The second kappa shape index (κ2) is 6.79. The average Bonchev–Trinajstić information content (AvgIpc) is 2.62. The van der Waals surface area contributed by atoms with E-state index in [2.05, 4.69) is 38.2 Å². The van der Waals surface area contributed by atoms with Crippen LogP contribution in [-0.4, -0.2) is 17.0 Å². The van der Waals surface area contributed by atoms with Crippen LogP contribution in [0.2, 0.25) is 0 Å².